The first-order valence-electron chi connectivity index (χ1n) is 5.85. The summed E-state index contributed by atoms with van der Waals surface area (Å²) in [6.45, 7) is 9.72. The van der Waals surface area contributed by atoms with Crippen LogP contribution in [0.2, 0.25) is 0 Å². The molecular weight excluding hydrogens is 238 g/mol. The molecule has 1 N–H and O–H groups in total. The highest BCUT2D eigenvalue weighted by Gasteiger charge is 2.10. The van der Waals surface area contributed by atoms with Crippen LogP contribution < -0.4 is 5.32 Å². The van der Waals surface area contributed by atoms with E-state index in [0.29, 0.717) is 11.3 Å². The van der Waals surface area contributed by atoms with Crippen LogP contribution in [0.1, 0.15) is 38.6 Å². The van der Waals surface area contributed by atoms with Crippen molar-refractivity contribution in [2.24, 2.45) is 0 Å². The van der Waals surface area contributed by atoms with Crippen molar-refractivity contribution in [2.75, 3.05) is 6.54 Å². The number of thioether (sulfide) groups is 1. The Kier molecular flexibility index (Phi) is 6.31. The van der Waals surface area contributed by atoms with E-state index in [0.717, 1.165) is 15.9 Å². The zero-order valence-corrected chi connectivity index (χ0v) is 12.1. The first-order valence-corrected chi connectivity index (χ1v) is 7.55. The largest absolute Gasteiger partial charge is 0.313 e. The Balaban J connectivity index is 2.27. The van der Waals surface area contributed by atoms with Gasteiger partial charge in [0.05, 0.1) is 0 Å². The van der Waals surface area contributed by atoms with E-state index in [1.54, 1.807) is 11.3 Å². The van der Waals surface area contributed by atoms with E-state index in [4.69, 9.17) is 0 Å². The van der Waals surface area contributed by atoms with E-state index in [-0.39, 0.29) is 0 Å². The number of hydrogen-bond donors (Lipinski definition) is 1. The summed E-state index contributed by atoms with van der Waals surface area (Å²) in [7, 11) is 0. The highest BCUT2D eigenvalue weighted by molar-refractivity contribution is 8.01. The van der Waals surface area contributed by atoms with Gasteiger partial charge in [-0.05, 0) is 19.8 Å². The van der Waals surface area contributed by atoms with Crippen LogP contribution in [0.15, 0.2) is 4.34 Å². The molecule has 0 saturated heterocycles. The van der Waals surface area contributed by atoms with Crippen molar-refractivity contribution in [2.45, 2.75) is 56.2 Å². The van der Waals surface area contributed by atoms with Gasteiger partial charge in [0.1, 0.15) is 5.01 Å². The van der Waals surface area contributed by atoms with Gasteiger partial charge in [-0.25, -0.2) is 0 Å². The highest BCUT2D eigenvalue weighted by atomic mass is 32.2. The second kappa shape index (κ2) is 7.25. The number of nitrogens with zero attached hydrogens (tertiary/aromatic N) is 2. The molecule has 0 aromatic carbocycles. The van der Waals surface area contributed by atoms with Crippen LogP contribution in [0, 0.1) is 6.92 Å². The fourth-order valence-electron chi connectivity index (χ4n) is 1.45. The molecule has 0 saturated carbocycles. The Hall–Kier alpha value is -0.130. The molecular formula is C11H21N3S2. The minimum absolute atomic E-state index is 0.549. The topological polar surface area (TPSA) is 37.8 Å². The minimum atomic E-state index is 0.549. The van der Waals surface area contributed by atoms with Crippen molar-refractivity contribution in [3.05, 3.63) is 5.01 Å². The number of nitrogens with one attached hydrogen (secondary N) is 1. The first kappa shape index (κ1) is 13.9. The van der Waals surface area contributed by atoms with Crippen LogP contribution in [0.3, 0.4) is 0 Å². The van der Waals surface area contributed by atoms with Crippen LogP contribution in [0.25, 0.3) is 0 Å². The first-order chi connectivity index (χ1) is 7.65. The van der Waals surface area contributed by atoms with Gasteiger partial charge >= 0.3 is 0 Å². The average molecular weight is 259 g/mol. The molecule has 0 aliphatic carbocycles. The average Bonchev–Trinajstić information content (AvgIpc) is 2.65. The third kappa shape index (κ3) is 4.80. The number of aromatic nitrogens is 2. The van der Waals surface area contributed by atoms with Crippen molar-refractivity contribution in [3.8, 4) is 0 Å². The minimum Gasteiger partial charge on any atom is -0.313 e. The molecule has 5 heteroatoms. The molecule has 0 fully saturated rings. The van der Waals surface area contributed by atoms with Crippen LogP contribution in [-0.4, -0.2) is 28.0 Å². The maximum Gasteiger partial charge on any atom is 0.174 e. The van der Waals surface area contributed by atoms with Gasteiger partial charge in [-0.3, -0.25) is 0 Å². The lowest BCUT2D eigenvalue weighted by Crippen LogP contribution is -2.32. The molecule has 0 spiro atoms. The van der Waals surface area contributed by atoms with Crippen molar-refractivity contribution in [1.29, 1.82) is 0 Å². The summed E-state index contributed by atoms with van der Waals surface area (Å²) < 4.78 is 1.08. The Bertz CT molecular complexity index is 297. The van der Waals surface area contributed by atoms with Crippen molar-refractivity contribution >= 4 is 23.1 Å². The number of rotatable bonds is 7. The lowest BCUT2D eigenvalue weighted by Gasteiger charge is -2.17. The monoisotopic (exact) mass is 259 g/mol. The van der Waals surface area contributed by atoms with Gasteiger partial charge in [0.2, 0.25) is 0 Å². The Labute approximate surface area is 106 Å². The predicted molar refractivity (Wildman–Crippen MR) is 72.3 cm³/mol. The fraction of sp³-hybridized carbons (Fsp3) is 0.818. The van der Waals surface area contributed by atoms with Gasteiger partial charge in [0, 0.05) is 17.8 Å². The summed E-state index contributed by atoms with van der Waals surface area (Å²) in [5.74, 6) is 0. The van der Waals surface area contributed by atoms with Crippen LogP contribution >= 0.6 is 23.1 Å². The third-order valence-electron chi connectivity index (χ3n) is 2.49. The van der Waals surface area contributed by atoms with E-state index >= 15 is 0 Å². The Morgan fingerprint density at radius 2 is 2.00 bits per heavy atom. The summed E-state index contributed by atoms with van der Waals surface area (Å²) >= 11 is 3.48. The molecule has 1 aromatic rings. The smallest absolute Gasteiger partial charge is 0.174 e. The van der Waals surface area contributed by atoms with E-state index in [1.165, 1.54) is 12.8 Å². The summed E-state index contributed by atoms with van der Waals surface area (Å²) in [6, 6.07) is 0.652. The summed E-state index contributed by atoms with van der Waals surface area (Å²) in [5.41, 5.74) is 0. The number of hydrogen-bond acceptors (Lipinski definition) is 5. The molecule has 3 nitrogen and oxygen atoms in total. The molecule has 1 unspecified atom stereocenters. The summed E-state index contributed by atoms with van der Waals surface area (Å²) in [6.07, 6.45) is 2.40. The Morgan fingerprint density at radius 3 is 2.50 bits per heavy atom. The van der Waals surface area contributed by atoms with Gasteiger partial charge in [-0.2, -0.15) is 0 Å². The second-order valence-corrected chi connectivity index (χ2v) is 6.80. The SMILES string of the molecule is CCC(CC)NCC(C)Sc1nnc(C)s1. The van der Waals surface area contributed by atoms with Gasteiger partial charge in [-0.15, -0.1) is 10.2 Å². The maximum absolute atomic E-state index is 4.13. The van der Waals surface area contributed by atoms with E-state index in [1.807, 2.05) is 18.7 Å². The molecule has 92 valence electrons. The lowest BCUT2D eigenvalue weighted by molar-refractivity contribution is 0.488. The van der Waals surface area contributed by atoms with Crippen molar-refractivity contribution in [3.63, 3.8) is 0 Å². The van der Waals surface area contributed by atoms with Crippen LogP contribution in [-0.2, 0) is 0 Å². The van der Waals surface area contributed by atoms with Crippen LogP contribution in [0.4, 0.5) is 0 Å². The Morgan fingerprint density at radius 1 is 1.31 bits per heavy atom. The van der Waals surface area contributed by atoms with Crippen molar-refractivity contribution < 1.29 is 0 Å². The van der Waals surface area contributed by atoms with E-state index < -0.39 is 0 Å². The fourth-order valence-corrected chi connectivity index (χ4v) is 3.52. The van der Waals surface area contributed by atoms with E-state index in [9.17, 15) is 0 Å². The number of aryl methyl sites for hydroxylation is 1. The summed E-state index contributed by atoms with van der Waals surface area (Å²) in [5, 5.41) is 13.3. The molecule has 0 aliphatic rings. The van der Waals surface area contributed by atoms with Gasteiger partial charge < -0.3 is 5.32 Å². The second-order valence-electron chi connectivity index (χ2n) is 3.94. The molecule has 16 heavy (non-hydrogen) atoms. The highest BCUT2D eigenvalue weighted by Crippen LogP contribution is 2.25. The molecule has 0 bridgehead atoms. The quantitative estimate of drug-likeness (QED) is 0.764. The predicted octanol–water partition coefficient (Wildman–Crippen LogP) is 3.11. The molecule has 1 aromatic heterocycles. The molecule has 0 radical (unpaired) electrons. The molecule has 1 heterocycles. The molecule has 1 atom stereocenters. The standard InChI is InChI=1S/C11H21N3S2/c1-5-10(6-2)12-7-8(3)15-11-14-13-9(4)16-11/h8,10,12H,5-7H2,1-4H3. The van der Waals surface area contributed by atoms with E-state index in [2.05, 4.69) is 36.3 Å². The van der Waals surface area contributed by atoms with Gasteiger partial charge in [0.15, 0.2) is 4.34 Å². The van der Waals surface area contributed by atoms with Gasteiger partial charge in [0.25, 0.3) is 0 Å². The zero-order chi connectivity index (χ0) is 12.0. The molecule has 0 aliphatic heterocycles. The van der Waals surface area contributed by atoms with Crippen molar-refractivity contribution in [1.82, 2.24) is 15.5 Å². The molecule has 1 rings (SSSR count). The maximum atomic E-state index is 4.13. The van der Waals surface area contributed by atoms with Crippen LogP contribution in [0.5, 0.6) is 0 Å². The summed E-state index contributed by atoms with van der Waals surface area (Å²) in [4.78, 5) is 0. The normalized spacial score (nSPS) is 13.3. The molecule has 0 amide bonds. The zero-order valence-electron chi connectivity index (χ0n) is 10.5. The van der Waals surface area contributed by atoms with Gasteiger partial charge in [-0.1, -0.05) is 43.9 Å². The lowest BCUT2D eigenvalue weighted by atomic mass is 10.2. The third-order valence-corrected chi connectivity index (χ3v) is 4.51.